The molecule has 0 aliphatic heterocycles. The molecule has 0 saturated heterocycles. The molecule has 3 rings (SSSR count). The molecule has 0 radical (unpaired) electrons. The van der Waals surface area contributed by atoms with Crippen LogP contribution in [0.4, 0.5) is 0 Å². The summed E-state index contributed by atoms with van der Waals surface area (Å²) >= 11 is 1.69. The third-order valence-corrected chi connectivity index (χ3v) is 4.81. The molecule has 0 aromatic carbocycles. The summed E-state index contributed by atoms with van der Waals surface area (Å²) in [5.74, 6) is -0.577. The van der Waals surface area contributed by atoms with E-state index < -0.39 is 5.97 Å². The predicted octanol–water partition coefficient (Wildman–Crippen LogP) is 3.93. The topological polar surface area (TPSA) is 63.3 Å². The van der Waals surface area contributed by atoms with Crippen LogP contribution in [0.3, 0.4) is 0 Å². The second-order valence-corrected chi connectivity index (χ2v) is 6.25. The van der Waals surface area contributed by atoms with Gasteiger partial charge in [-0.05, 0) is 43.7 Å². The lowest BCUT2D eigenvalue weighted by molar-refractivity contribution is 0.0662. The van der Waals surface area contributed by atoms with E-state index >= 15 is 0 Å². The van der Waals surface area contributed by atoms with Crippen molar-refractivity contribution in [3.8, 4) is 10.8 Å². The maximum Gasteiger partial charge on any atom is 0.373 e. The lowest BCUT2D eigenvalue weighted by atomic mass is 9.99. The van der Waals surface area contributed by atoms with Crippen LogP contribution in [0, 0.1) is 0 Å². The van der Waals surface area contributed by atoms with Crippen LogP contribution < -0.4 is 0 Å². The summed E-state index contributed by atoms with van der Waals surface area (Å²) in [7, 11) is 0. The van der Waals surface area contributed by atoms with Crippen LogP contribution in [0.2, 0.25) is 0 Å². The summed E-state index contributed by atoms with van der Waals surface area (Å²) in [6.45, 7) is 2.00. The minimum Gasteiger partial charge on any atom is -0.475 e. The van der Waals surface area contributed by atoms with Crippen LogP contribution in [0.25, 0.3) is 10.8 Å². The number of fused-ring (bicyclic) bond motifs is 1. The Bertz CT molecular complexity index is 618. The van der Waals surface area contributed by atoms with E-state index in [-0.39, 0.29) is 5.76 Å². The van der Waals surface area contributed by atoms with Crippen LogP contribution in [-0.2, 0) is 19.3 Å². The first-order valence-corrected chi connectivity index (χ1v) is 7.85. The van der Waals surface area contributed by atoms with Gasteiger partial charge in [-0.2, -0.15) is 0 Å². The summed E-state index contributed by atoms with van der Waals surface area (Å²) < 4.78 is 5.49. The van der Waals surface area contributed by atoms with Crippen molar-refractivity contribution in [2.45, 2.75) is 45.4 Å². The number of carboxylic acid groups (broad SMARTS) is 1. The summed E-state index contributed by atoms with van der Waals surface area (Å²) in [4.78, 5) is 18.0. The summed E-state index contributed by atoms with van der Waals surface area (Å²) in [6.07, 6.45) is 6.19. The molecule has 0 fully saturated rings. The molecule has 0 atom stereocenters. The Labute approximate surface area is 121 Å². The van der Waals surface area contributed by atoms with Crippen molar-refractivity contribution in [3.05, 3.63) is 28.0 Å². The van der Waals surface area contributed by atoms with Crippen molar-refractivity contribution in [1.82, 2.24) is 4.98 Å². The first-order valence-electron chi connectivity index (χ1n) is 7.04. The molecule has 0 amide bonds. The molecule has 2 aromatic rings. The van der Waals surface area contributed by atoms with E-state index in [9.17, 15) is 9.90 Å². The van der Waals surface area contributed by atoms with Gasteiger partial charge < -0.3 is 9.52 Å². The van der Waals surface area contributed by atoms with Crippen LogP contribution in [-0.4, -0.2) is 16.1 Å². The van der Waals surface area contributed by atoms with Crippen molar-refractivity contribution in [1.29, 1.82) is 0 Å². The molecule has 5 heteroatoms. The summed E-state index contributed by atoms with van der Waals surface area (Å²) in [6, 6.07) is 2.12. The molecule has 1 N–H and O–H groups in total. The second kappa shape index (κ2) is 5.40. The summed E-state index contributed by atoms with van der Waals surface area (Å²) in [5, 5.41) is 9.18. The maximum absolute atomic E-state index is 11.2. The van der Waals surface area contributed by atoms with Crippen molar-refractivity contribution in [3.63, 3.8) is 0 Å². The molecule has 4 nitrogen and oxygen atoms in total. The Kier molecular flexibility index (Phi) is 3.61. The van der Waals surface area contributed by atoms with Gasteiger partial charge in [0.25, 0.3) is 0 Å². The summed E-state index contributed by atoms with van der Waals surface area (Å²) in [5.41, 5.74) is 1.93. The molecule has 2 aromatic heterocycles. The van der Waals surface area contributed by atoms with Crippen molar-refractivity contribution < 1.29 is 14.3 Å². The van der Waals surface area contributed by atoms with E-state index in [4.69, 9.17) is 4.42 Å². The average molecular weight is 291 g/mol. The standard InChI is InChI=1S/C15H17NO3S/c1-2-5-10-13(15(17)18)19-14(16-10)12-8-9-6-3-4-7-11(9)20-12/h8H,2-7H2,1H3,(H,17,18). The zero-order chi connectivity index (χ0) is 14.1. The number of aromatic carboxylic acids is 1. The number of hydrogen-bond donors (Lipinski definition) is 1. The molecule has 0 unspecified atom stereocenters. The molecule has 1 aliphatic rings. The van der Waals surface area contributed by atoms with Crippen molar-refractivity contribution in [2.24, 2.45) is 0 Å². The molecule has 1 aliphatic carbocycles. The Morgan fingerprint density at radius 2 is 2.25 bits per heavy atom. The fourth-order valence-electron chi connectivity index (χ4n) is 2.63. The number of rotatable bonds is 4. The molecule has 20 heavy (non-hydrogen) atoms. The van der Waals surface area contributed by atoms with Gasteiger partial charge in [0.2, 0.25) is 11.7 Å². The molecule has 0 saturated carbocycles. The van der Waals surface area contributed by atoms with Gasteiger partial charge in [0.05, 0.1) is 10.6 Å². The zero-order valence-corrected chi connectivity index (χ0v) is 12.3. The molecule has 106 valence electrons. The van der Waals surface area contributed by atoms with Gasteiger partial charge in [-0.1, -0.05) is 13.3 Å². The maximum atomic E-state index is 11.2. The van der Waals surface area contributed by atoms with Crippen LogP contribution in [0.5, 0.6) is 0 Å². The molecule has 2 heterocycles. The van der Waals surface area contributed by atoms with E-state index in [1.807, 2.05) is 6.92 Å². The van der Waals surface area contributed by atoms with Gasteiger partial charge in [0, 0.05) is 4.88 Å². The van der Waals surface area contributed by atoms with E-state index in [1.165, 1.54) is 23.3 Å². The molecule has 0 spiro atoms. The van der Waals surface area contributed by atoms with Gasteiger partial charge in [-0.3, -0.25) is 0 Å². The Balaban J connectivity index is 1.99. The van der Waals surface area contributed by atoms with E-state index in [0.717, 1.165) is 24.1 Å². The number of oxazole rings is 1. The Hall–Kier alpha value is -1.62. The van der Waals surface area contributed by atoms with Crippen molar-refractivity contribution in [2.75, 3.05) is 0 Å². The van der Waals surface area contributed by atoms with Gasteiger partial charge in [-0.15, -0.1) is 11.3 Å². The third-order valence-electron chi connectivity index (χ3n) is 3.59. The lowest BCUT2D eigenvalue weighted by Gasteiger charge is -2.08. The van der Waals surface area contributed by atoms with Gasteiger partial charge in [-0.25, -0.2) is 9.78 Å². The number of hydrogen-bond acceptors (Lipinski definition) is 4. The number of carboxylic acids is 1. The quantitative estimate of drug-likeness (QED) is 0.927. The van der Waals surface area contributed by atoms with Crippen LogP contribution in [0.1, 0.15) is 52.9 Å². The SMILES string of the molecule is CCCc1nc(-c2cc3c(s2)CCCC3)oc1C(=O)O. The zero-order valence-electron chi connectivity index (χ0n) is 11.4. The van der Waals surface area contributed by atoms with Gasteiger partial charge >= 0.3 is 5.97 Å². The second-order valence-electron chi connectivity index (χ2n) is 5.12. The first kappa shape index (κ1) is 13.4. The first-order chi connectivity index (χ1) is 9.69. The molecular weight excluding hydrogens is 274 g/mol. The number of aromatic nitrogens is 1. The molecular formula is C15H17NO3S. The van der Waals surface area contributed by atoms with E-state index in [0.29, 0.717) is 18.0 Å². The molecule has 0 bridgehead atoms. The largest absolute Gasteiger partial charge is 0.475 e. The Morgan fingerprint density at radius 3 is 2.95 bits per heavy atom. The van der Waals surface area contributed by atoms with E-state index in [2.05, 4.69) is 11.1 Å². The van der Waals surface area contributed by atoms with E-state index in [1.54, 1.807) is 11.3 Å². The number of aryl methyl sites for hydroxylation is 3. The number of carbonyl (C=O) groups is 1. The number of nitrogens with zero attached hydrogens (tertiary/aromatic N) is 1. The normalized spacial score (nSPS) is 14.2. The lowest BCUT2D eigenvalue weighted by Crippen LogP contribution is -1.99. The predicted molar refractivity (Wildman–Crippen MR) is 77.4 cm³/mol. The fraction of sp³-hybridized carbons (Fsp3) is 0.467. The minimum absolute atomic E-state index is 0.00628. The fourth-order valence-corrected chi connectivity index (χ4v) is 3.81. The highest BCUT2D eigenvalue weighted by Gasteiger charge is 2.22. The van der Waals surface area contributed by atoms with Gasteiger partial charge in [0.15, 0.2) is 0 Å². The van der Waals surface area contributed by atoms with Crippen LogP contribution in [0.15, 0.2) is 10.5 Å². The smallest absolute Gasteiger partial charge is 0.373 e. The average Bonchev–Trinajstić information content (AvgIpc) is 3.02. The highest BCUT2D eigenvalue weighted by atomic mass is 32.1. The van der Waals surface area contributed by atoms with Gasteiger partial charge in [0.1, 0.15) is 0 Å². The highest BCUT2D eigenvalue weighted by Crippen LogP contribution is 2.36. The highest BCUT2D eigenvalue weighted by molar-refractivity contribution is 7.15. The number of thiophene rings is 1. The monoisotopic (exact) mass is 291 g/mol. The van der Waals surface area contributed by atoms with Crippen molar-refractivity contribution >= 4 is 17.3 Å². The van der Waals surface area contributed by atoms with Crippen LogP contribution >= 0.6 is 11.3 Å². The Morgan fingerprint density at radius 1 is 1.45 bits per heavy atom. The third kappa shape index (κ3) is 2.38. The minimum atomic E-state index is -1.03.